The number of Topliss-reactive ketones (excluding diaryl/α,β-unsaturated/α-hetero) is 1. The first kappa shape index (κ1) is 10.1. The first-order chi connectivity index (χ1) is 6.34. The minimum absolute atomic E-state index is 0.252. The Bertz CT molecular complexity index is 215. The van der Waals surface area contributed by atoms with Gasteiger partial charge >= 0.3 is 0 Å². The number of carbonyl (C=O) groups excluding carboxylic acids is 1. The van der Waals surface area contributed by atoms with Crippen molar-refractivity contribution in [2.45, 2.75) is 38.5 Å². The van der Waals surface area contributed by atoms with Crippen molar-refractivity contribution in [1.82, 2.24) is 0 Å². The smallest absolute Gasteiger partial charge is 0.136 e. The van der Waals surface area contributed by atoms with Gasteiger partial charge in [0.2, 0.25) is 0 Å². The Kier molecular flexibility index (Phi) is 4.33. The Morgan fingerprint density at radius 1 is 1.38 bits per heavy atom. The third-order valence-corrected chi connectivity index (χ3v) is 2.58. The summed E-state index contributed by atoms with van der Waals surface area (Å²) >= 11 is 0. The van der Waals surface area contributed by atoms with Crippen LogP contribution in [0.15, 0.2) is 5.11 Å². The van der Waals surface area contributed by atoms with Crippen LogP contribution in [0.5, 0.6) is 0 Å². The number of rotatable bonds is 4. The van der Waals surface area contributed by atoms with Crippen LogP contribution in [-0.2, 0) is 4.79 Å². The van der Waals surface area contributed by atoms with E-state index in [-0.39, 0.29) is 11.7 Å². The van der Waals surface area contributed by atoms with Crippen molar-refractivity contribution in [2.24, 2.45) is 11.0 Å². The molecule has 0 aliphatic heterocycles. The predicted octanol–water partition coefficient (Wildman–Crippen LogP) is 2.84. The van der Waals surface area contributed by atoms with E-state index in [1.54, 1.807) is 0 Å². The van der Waals surface area contributed by atoms with Crippen LogP contribution in [0.4, 0.5) is 0 Å². The lowest BCUT2D eigenvalue weighted by Gasteiger charge is -2.19. The topological polar surface area (TPSA) is 65.8 Å². The first-order valence-corrected chi connectivity index (χ1v) is 4.88. The molecule has 0 aromatic carbocycles. The Labute approximate surface area is 77.9 Å². The largest absolute Gasteiger partial charge is 0.299 e. The van der Waals surface area contributed by atoms with Gasteiger partial charge in [0.25, 0.3) is 0 Å². The van der Waals surface area contributed by atoms with Crippen molar-refractivity contribution >= 4 is 5.78 Å². The van der Waals surface area contributed by atoms with Gasteiger partial charge in [-0.25, -0.2) is 0 Å². The molecule has 0 amide bonds. The van der Waals surface area contributed by atoms with Gasteiger partial charge in [0.15, 0.2) is 0 Å². The summed E-state index contributed by atoms with van der Waals surface area (Å²) in [6, 6.07) is 0. The average Bonchev–Trinajstić information content (AvgIpc) is 2.19. The van der Waals surface area contributed by atoms with Crippen LogP contribution >= 0.6 is 0 Å². The maximum absolute atomic E-state index is 11.5. The Morgan fingerprint density at radius 3 is 2.69 bits per heavy atom. The maximum Gasteiger partial charge on any atom is 0.136 e. The average molecular weight is 181 g/mol. The van der Waals surface area contributed by atoms with Gasteiger partial charge in [-0.15, -0.1) is 0 Å². The minimum atomic E-state index is 0.252. The van der Waals surface area contributed by atoms with Gasteiger partial charge in [-0.05, 0) is 18.4 Å². The third kappa shape index (κ3) is 3.47. The van der Waals surface area contributed by atoms with Gasteiger partial charge in [-0.3, -0.25) is 4.79 Å². The summed E-state index contributed by atoms with van der Waals surface area (Å²) in [6.07, 6.45) is 6.12. The molecule has 0 bridgehead atoms. The molecule has 0 aromatic heterocycles. The highest BCUT2D eigenvalue weighted by Crippen LogP contribution is 2.25. The van der Waals surface area contributed by atoms with Crippen molar-refractivity contribution < 1.29 is 4.79 Å². The van der Waals surface area contributed by atoms with Crippen LogP contribution in [0, 0.1) is 5.92 Å². The summed E-state index contributed by atoms with van der Waals surface area (Å²) < 4.78 is 0. The second kappa shape index (κ2) is 5.60. The zero-order chi connectivity index (χ0) is 9.52. The maximum atomic E-state index is 11.5. The molecule has 4 nitrogen and oxygen atoms in total. The molecule has 0 radical (unpaired) electrons. The number of hydrogen-bond donors (Lipinski definition) is 0. The molecule has 0 saturated heterocycles. The van der Waals surface area contributed by atoms with Crippen LogP contribution in [0.1, 0.15) is 38.5 Å². The summed E-state index contributed by atoms with van der Waals surface area (Å²) in [6.45, 7) is 0.325. The lowest BCUT2D eigenvalue weighted by molar-refractivity contribution is -0.123. The Morgan fingerprint density at radius 2 is 2.08 bits per heavy atom. The monoisotopic (exact) mass is 181 g/mol. The number of nitrogens with zero attached hydrogens (tertiary/aromatic N) is 3. The summed E-state index contributed by atoms with van der Waals surface area (Å²) in [7, 11) is 0. The summed E-state index contributed by atoms with van der Waals surface area (Å²) in [5.74, 6) is 0.537. The third-order valence-electron chi connectivity index (χ3n) is 2.58. The van der Waals surface area contributed by atoms with E-state index in [4.69, 9.17) is 5.53 Å². The molecule has 1 aliphatic carbocycles. The van der Waals surface area contributed by atoms with Crippen molar-refractivity contribution in [2.75, 3.05) is 6.54 Å². The van der Waals surface area contributed by atoms with E-state index in [1.165, 1.54) is 19.3 Å². The number of azide groups is 1. The first-order valence-electron chi connectivity index (χ1n) is 4.88. The molecule has 1 aliphatic rings. The molecule has 0 heterocycles. The van der Waals surface area contributed by atoms with Gasteiger partial charge in [0.05, 0.1) is 0 Å². The van der Waals surface area contributed by atoms with Crippen LogP contribution in [0.25, 0.3) is 10.4 Å². The van der Waals surface area contributed by atoms with Gasteiger partial charge in [-0.2, -0.15) is 0 Å². The standard InChI is InChI=1S/C9H15N3O/c10-12-11-7-6-9(13)8-4-2-1-3-5-8/h8H,1-7H2. The Hall–Kier alpha value is -1.02. The van der Waals surface area contributed by atoms with Gasteiger partial charge in [-0.1, -0.05) is 24.4 Å². The molecule has 1 fully saturated rings. The summed E-state index contributed by atoms with van der Waals surface area (Å²) in [5, 5.41) is 3.37. The van der Waals surface area contributed by atoms with Crippen LogP contribution in [0.3, 0.4) is 0 Å². The molecule has 1 saturated carbocycles. The summed E-state index contributed by atoms with van der Waals surface area (Å²) in [4.78, 5) is 14.1. The summed E-state index contributed by atoms with van der Waals surface area (Å²) in [5.41, 5.74) is 8.04. The van der Waals surface area contributed by atoms with E-state index in [1.807, 2.05) is 0 Å². The second-order valence-corrected chi connectivity index (χ2v) is 3.51. The quantitative estimate of drug-likeness (QED) is 0.373. The van der Waals surface area contributed by atoms with Crippen molar-refractivity contribution in [3.63, 3.8) is 0 Å². The van der Waals surface area contributed by atoms with Crippen molar-refractivity contribution in [3.05, 3.63) is 10.4 Å². The van der Waals surface area contributed by atoms with Gasteiger partial charge < -0.3 is 0 Å². The van der Waals surface area contributed by atoms with Crippen LogP contribution < -0.4 is 0 Å². The molecule has 13 heavy (non-hydrogen) atoms. The molecule has 0 unspecified atom stereocenters. The molecule has 72 valence electrons. The van der Waals surface area contributed by atoms with Crippen LogP contribution in [0.2, 0.25) is 0 Å². The van der Waals surface area contributed by atoms with Crippen LogP contribution in [-0.4, -0.2) is 12.3 Å². The molecule has 0 N–H and O–H groups in total. The normalized spacial score (nSPS) is 17.8. The lowest BCUT2D eigenvalue weighted by atomic mass is 9.85. The minimum Gasteiger partial charge on any atom is -0.299 e. The highest BCUT2D eigenvalue weighted by atomic mass is 16.1. The fourth-order valence-corrected chi connectivity index (χ4v) is 1.83. The highest BCUT2D eigenvalue weighted by Gasteiger charge is 2.19. The van der Waals surface area contributed by atoms with E-state index in [0.29, 0.717) is 13.0 Å². The van der Waals surface area contributed by atoms with E-state index in [2.05, 4.69) is 10.0 Å². The predicted molar refractivity (Wildman–Crippen MR) is 50.2 cm³/mol. The number of ketones is 1. The molecule has 0 spiro atoms. The zero-order valence-electron chi connectivity index (χ0n) is 7.78. The number of carbonyl (C=O) groups is 1. The molecule has 4 heteroatoms. The second-order valence-electron chi connectivity index (χ2n) is 3.51. The molecule has 0 atom stereocenters. The molecule has 1 rings (SSSR count). The fourth-order valence-electron chi connectivity index (χ4n) is 1.83. The highest BCUT2D eigenvalue weighted by molar-refractivity contribution is 5.81. The number of hydrogen-bond acceptors (Lipinski definition) is 2. The lowest BCUT2D eigenvalue weighted by Crippen LogP contribution is -2.18. The van der Waals surface area contributed by atoms with E-state index in [9.17, 15) is 4.79 Å². The molecule has 0 aromatic rings. The zero-order valence-corrected chi connectivity index (χ0v) is 7.78. The SMILES string of the molecule is [N-]=[N+]=NCCC(=O)C1CCCCC1. The van der Waals surface area contributed by atoms with E-state index < -0.39 is 0 Å². The molecular weight excluding hydrogens is 166 g/mol. The van der Waals surface area contributed by atoms with Crippen molar-refractivity contribution in [1.29, 1.82) is 0 Å². The molecular formula is C9H15N3O. The Balaban J connectivity index is 2.24. The van der Waals surface area contributed by atoms with Crippen molar-refractivity contribution in [3.8, 4) is 0 Å². The van der Waals surface area contributed by atoms with Gasteiger partial charge in [0.1, 0.15) is 5.78 Å². The fraction of sp³-hybridized carbons (Fsp3) is 0.889. The van der Waals surface area contributed by atoms with E-state index in [0.717, 1.165) is 12.8 Å². The van der Waals surface area contributed by atoms with Gasteiger partial charge in [0, 0.05) is 23.8 Å². The van der Waals surface area contributed by atoms with E-state index >= 15 is 0 Å².